The predicted octanol–water partition coefficient (Wildman–Crippen LogP) is 4.11. The third kappa shape index (κ3) is 5.56. The number of thioether (sulfide) groups is 1. The molecule has 0 bridgehead atoms. The van der Waals surface area contributed by atoms with Crippen LogP contribution in [-0.2, 0) is 14.8 Å². The monoisotopic (exact) mass is 474 g/mol. The number of carbonyl (C=O) groups excluding carboxylic acids is 1. The highest BCUT2D eigenvalue weighted by Gasteiger charge is 2.22. The van der Waals surface area contributed by atoms with Gasteiger partial charge in [0, 0.05) is 24.3 Å². The summed E-state index contributed by atoms with van der Waals surface area (Å²) in [5, 5.41) is 11.1. The van der Waals surface area contributed by atoms with Crippen molar-refractivity contribution in [1.82, 2.24) is 14.5 Å². The van der Waals surface area contributed by atoms with E-state index in [0.717, 1.165) is 28.6 Å². The van der Waals surface area contributed by atoms with Crippen LogP contribution < -0.4 is 5.32 Å². The molecule has 0 unspecified atom stereocenters. The fourth-order valence-corrected chi connectivity index (χ4v) is 5.14. The quantitative estimate of drug-likeness (QED) is 0.465. The molecule has 3 aromatic rings. The van der Waals surface area contributed by atoms with Gasteiger partial charge < -0.3 is 9.73 Å². The van der Waals surface area contributed by atoms with E-state index in [9.17, 15) is 13.2 Å². The highest BCUT2D eigenvalue weighted by atomic mass is 32.2. The Morgan fingerprint density at radius 3 is 2.56 bits per heavy atom. The molecule has 1 heterocycles. The fraction of sp³-hybridized carbons (Fsp3) is 0.318. The van der Waals surface area contributed by atoms with E-state index < -0.39 is 10.0 Å². The largest absolute Gasteiger partial charge is 0.411 e. The molecule has 0 spiro atoms. The van der Waals surface area contributed by atoms with Crippen molar-refractivity contribution in [3.05, 3.63) is 53.6 Å². The zero-order valence-corrected chi connectivity index (χ0v) is 20.1. The molecule has 170 valence electrons. The molecule has 10 heteroatoms. The first kappa shape index (κ1) is 24.0. The summed E-state index contributed by atoms with van der Waals surface area (Å²) in [5.74, 6) is 0.112. The molecule has 3 rings (SSSR count). The van der Waals surface area contributed by atoms with Crippen molar-refractivity contribution < 1.29 is 17.6 Å². The van der Waals surface area contributed by atoms with E-state index in [-0.39, 0.29) is 27.7 Å². The average Bonchev–Trinajstić information content (AvgIpc) is 3.25. The number of carbonyl (C=O) groups is 1. The van der Waals surface area contributed by atoms with Crippen LogP contribution in [0.15, 0.2) is 57.0 Å². The molecule has 0 aliphatic rings. The Morgan fingerprint density at radius 2 is 1.84 bits per heavy atom. The molecule has 2 aromatic carbocycles. The summed E-state index contributed by atoms with van der Waals surface area (Å²) >= 11 is 1.12. The Morgan fingerprint density at radius 1 is 1.09 bits per heavy atom. The maximum absolute atomic E-state index is 12.8. The number of nitrogens with one attached hydrogen (secondary N) is 1. The van der Waals surface area contributed by atoms with Gasteiger partial charge in [-0.25, -0.2) is 8.42 Å². The second kappa shape index (κ2) is 10.3. The minimum absolute atomic E-state index is 0.103. The predicted molar refractivity (Wildman–Crippen MR) is 125 cm³/mol. The van der Waals surface area contributed by atoms with Gasteiger partial charge in [-0.1, -0.05) is 43.8 Å². The van der Waals surface area contributed by atoms with Crippen molar-refractivity contribution in [2.75, 3.05) is 24.2 Å². The third-order valence-corrected chi connectivity index (χ3v) is 7.69. The maximum atomic E-state index is 12.8. The van der Waals surface area contributed by atoms with Crippen molar-refractivity contribution in [3.8, 4) is 11.5 Å². The number of rotatable bonds is 9. The molecule has 0 aliphatic heterocycles. The number of nitrogens with zero attached hydrogens (tertiary/aromatic N) is 3. The Hall–Kier alpha value is -2.69. The van der Waals surface area contributed by atoms with Crippen LogP contribution >= 0.6 is 11.8 Å². The van der Waals surface area contributed by atoms with Gasteiger partial charge >= 0.3 is 0 Å². The fourth-order valence-electron chi connectivity index (χ4n) is 3.07. The molecule has 0 atom stereocenters. The SMILES string of the molecule is CCN(CC)S(=O)(=O)c1cccc(-c2nnc(SCC(=O)Nc3cc(C)ccc3C)o2)c1. The lowest BCUT2D eigenvalue weighted by Gasteiger charge is -2.18. The number of amides is 1. The molecule has 32 heavy (non-hydrogen) atoms. The van der Waals surface area contributed by atoms with E-state index in [4.69, 9.17) is 4.42 Å². The average molecular weight is 475 g/mol. The van der Waals surface area contributed by atoms with Crippen molar-refractivity contribution in [3.63, 3.8) is 0 Å². The van der Waals surface area contributed by atoms with Crippen molar-refractivity contribution >= 4 is 33.4 Å². The van der Waals surface area contributed by atoms with Gasteiger partial charge in [-0.05, 0) is 49.2 Å². The van der Waals surface area contributed by atoms with Crippen LogP contribution in [0.25, 0.3) is 11.5 Å². The van der Waals surface area contributed by atoms with Gasteiger partial charge in [-0.15, -0.1) is 10.2 Å². The second-order valence-electron chi connectivity index (χ2n) is 7.15. The zero-order chi connectivity index (χ0) is 23.3. The minimum Gasteiger partial charge on any atom is -0.411 e. The number of benzene rings is 2. The van der Waals surface area contributed by atoms with Crippen LogP contribution in [0.5, 0.6) is 0 Å². The standard InChI is InChI=1S/C22H26N4O4S2/c1-5-26(6-2)32(28,29)18-9-7-8-17(13-18)21-24-25-22(30-21)31-14-20(27)23-19-12-15(3)10-11-16(19)4/h7-13H,5-6,14H2,1-4H3,(H,23,27). The lowest BCUT2D eigenvalue weighted by molar-refractivity contribution is -0.113. The first-order valence-corrected chi connectivity index (χ1v) is 12.6. The summed E-state index contributed by atoms with van der Waals surface area (Å²) in [6.45, 7) is 8.25. The Balaban J connectivity index is 1.68. The summed E-state index contributed by atoms with van der Waals surface area (Å²) in [6.07, 6.45) is 0. The summed E-state index contributed by atoms with van der Waals surface area (Å²) in [6, 6.07) is 12.3. The molecule has 0 radical (unpaired) electrons. The molecule has 8 nitrogen and oxygen atoms in total. The van der Waals surface area contributed by atoms with Gasteiger partial charge in [0.25, 0.3) is 5.22 Å². The van der Waals surface area contributed by atoms with Gasteiger partial charge in [-0.2, -0.15) is 4.31 Å². The number of aryl methyl sites for hydroxylation is 2. The number of hydrogen-bond donors (Lipinski definition) is 1. The third-order valence-electron chi connectivity index (χ3n) is 4.82. The molecular formula is C22H26N4O4S2. The van der Waals surface area contributed by atoms with Crippen molar-refractivity contribution in [1.29, 1.82) is 0 Å². The highest BCUT2D eigenvalue weighted by Crippen LogP contribution is 2.26. The van der Waals surface area contributed by atoms with E-state index in [0.29, 0.717) is 18.7 Å². The smallest absolute Gasteiger partial charge is 0.277 e. The summed E-state index contributed by atoms with van der Waals surface area (Å²) in [4.78, 5) is 12.5. The molecule has 0 aliphatic carbocycles. The zero-order valence-electron chi connectivity index (χ0n) is 18.5. The van der Waals surface area contributed by atoms with E-state index in [1.54, 1.807) is 32.0 Å². The first-order chi connectivity index (χ1) is 15.2. The van der Waals surface area contributed by atoms with Crippen LogP contribution in [0.2, 0.25) is 0 Å². The number of hydrogen-bond acceptors (Lipinski definition) is 7. The second-order valence-corrected chi connectivity index (χ2v) is 10.0. The van der Waals surface area contributed by atoms with Gasteiger partial charge in [0.1, 0.15) is 0 Å². The molecule has 1 N–H and O–H groups in total. The van der Waals surface area contributed by atoms with Crippen LogP contribution in [0.4, 0.5) is 5.69 Å². The molecule has 1 amide bonds. The number of sulfonamides is 1. The summed E-state index contributed by atoms with van der Waals surface area (Å²) in [5.41, 5.74) is 3.31. The lowest BCUT2D eigenvalue weighted by atomic mass is 10.1. The topological polar surface area (TPSA) is 105 Å². The summed E-state index contributed by atoms with van der Waals surface area (Å²) < 4.78 is 32.6. The number of aromatic nitrogens is 2. The van der Waals surface area contributed by atoms with Gasteiger partial charge in [0.05, 0.1) is 10.6 Å². The van der Waals surface area contributed by atoms with Crippen LogP contribution in [0, 0.1) is 13.8 Å². The van der Waals surface area contributed by atoms with Gasteiger partial charge in [0.15, 0.2) is 0 Å². The van der Waals surface area contributed by atoms with Gasteiger partial charge in [0.2, 0.25) is 21.8 Å². The summed E-state index contributed by atoms with van der Waals surface area (Å²) in [7, 11) is -3.60. The Kier molecular flexibility index (Phi) is 7.70. The Bertz CT molecular complexity index is 1200. The van der Waals surface area contributed by atoms with Crippen molar-refractivity contribution in [2.24, 2.45) is 0 Å². The molecule has 0 fully saturated rings. The van der Waals surface area contributed by atoms with Crippen LogP contribution in [0.1, 0.15) is 25.0 Å². The lowest BCUT2D eigenvalue weighted by Crippen LogP contribution is -2.30. The molecule has 1 aromatic heterocycles. The first-order valence-electron chi connectivity index (χ1n) is 10.2. The molecule has 0 saturated carbocycles. The van der Waals surface area contributed by atoms with Crippen LogP contribution in [-0.4, -0.2) is 47.7 Å². The highest BCUT2D eigenvalue weighted by molar-refractivity contribution is 7.99. The number of anilines is 1. The van der Waals surface area contributed by atoms with E-state index in [2.05, 4.69) is 15.5 Å². The minimum atomic E-state index is -3.60. The van der Waals surface area contributed by atoms with Crippen LogP contribution in [0.3, 0.4) is 0 Å². The normalized spacial score (nSPS) is 11.7. The van der Waals surface area contributed by atoms with Crippen molar-refractivity contribution in [2.45, 2.75) is 37.8 Å². The maximum Gasteiger partial charge on any atom is 0.277 e. The van der Waals surface area contributed by atoms with Gasteiger partial charge in [-0.3, -0.25) is 4.79 Å². The van der Waals surface area contributed by atoms with E-state index >= 15 is 0 Å². The molecular weight excluding hydrogens is 448 g/mol. The van der Waals surface area contributed by atoms with E-state index in [1.165, 1.54) is 10.4 Å². The molecule has 0 saturated heterocycles. The Labute approximate surface area is 192 Å². The van der Waals surface area contributed by atoms with E-state index in [1.807, 2.05) is 32.0 Å².